The highest BCUT2D eigenvalue weighted by Gasteiger charge is 2.27. The number of nitrogens with zero attached hydrogens (tertiary/aromatic N) is 2. The smallest absolute Gasteiger partial charge is 0.308 e. The van der Waals surface area contributed by atoms with Crippen molar-refractivity contribution in [2.24, 2.45) is 16.6 Å². The molecule has 2 heterocycles. The van der Waals surface area contributed by atoms with Gasteiger partial charge in [0.1, 0.15) is 5.76 Å². The Morgan fingerprint density at radius 3 is 2.65 bits per heavy atom. The largest absolute Gasteiger partial charge is 0.469 e. The fourth-order valence-electron chi connectivity index (χ4n) is 2.60. The van der Waals surface area contributed by atoms with Crippen LogP contribution in [0.25, 0.3) is 0 Å². The zero-order chi connectivity index (χ0) is 16.8. The van der Waals surface area contributed by atoms with Gasteiger partial charge in [-0.05, 0) is 25.0 Å². The second-order valence-corrected chi connectivity index (χ2v) is 5.32. The van der Waals surface area contributed by atoms with Crippen LogP contribution in [0.5, 0.6) is 0 Å². The lowest BCUT2D eigenvalue weighted by Gasteiger charge is -2.33. The summed E-state index contributed by atoms with van der Waals surface area (Å²) in [6.07, 6.45) is 1.47. The van der Waals surface area contributed by atoms with Crippen molar-refractivity contribution in [2.75, 3.05) is 27.2 Å². The van der Waals surface area contributed by atoms with E-state index in [9.17, 15) is 9.59 Å². The summed E-state index contributed by atoms with van der Waals surface area (Å²) >= 11 is 0. The van der Waals surface area contributed by atoms with E-state index in [1.807, 2.05) is 0 Å². The number of rotatable bonds is 4. The molecule has 1 amide bonds. The SMILES string of the molecule is CN=C(NCc1ccc(C(N)=O)o1)N1CCC(C(=O)OC)CC1. The van der Waals surface area contributed by atoms with Gasteiger partial charge in [0.05, 0.1) is 19.6 Å². The first-order valence-corrected chi connectivity index (χ1v) is 7.47. The number of furan rings is 1. The predicted octanol–water partition coefficient (Wildman–Crippen LogP) is 0.339. The topological polar surface area (TPSA) is 110 Å². The summed E-state index contributed by atoms with van der Waals surface area (Å²) in [5.74, 6) is 0.677. The van der Waals surface area contributed by atoms with Gasteiger partial charge in [-0.2, -0.15) is 0 Å². The Hall–Kier alpha value is -2.51. The summed E-state index contributed by atoms with van der Waals surface area (Å²) < 4.78 is 10.1. The van der Waals surface area contributed by atoms with E-state index in [-0.39, 0.29) is 17.6 Å². The van der Waals surface area contributed by atoms with Crippen LogP contribution in [0, 0.1) is 5.92 Å². The summed E-state index contributed by atoms with van der Waals surface area (Å²) in [4.78, 5) is 28.9. The maximum Gasteiger partial charge on any atom is 0.308 e. The van der Waals surface area contributed by atoms with Crippen molar-refractivity contribution in [3.05, 3.63) is 23.7 Å². The Morgan fingerprint density at radius 2 is 2.13 bits per heavy atom. The van der Waals surface area contributed by atoms with Crippen LogP contribution in [-0.2, 0) is 16.1 Å². The van der Waals surface area contributed by atoms with Gasteiger partial charge in [0.2, 0.25) is 0 Å². The van der Waals surface area contributed by atoms with Crippen LogP contribution in [0.4, 0.5) is 0 Å². The minimum atomic E-state index is -0.592. The Kier molecular flexibility index (Phi) is 5.61. The van der Waals surface area contributed by atoms with Crippen LogP contribution in [0.2, 0.25) is 0 Å². The lowest BCUT2D eigenvalue weighted by Crippen LogP contribution is -2.46. The molecule has 0 radical (unpaired) electrons. The van der Waals surface area contributed by atoms with Gasteiger partial charge in [0, 0.05) is 20.1 Å². The highest BCUT2D eigenvalue weighted by atomic mass is 16.5. The number of nitrogens with two attached hydrogens (primary N) is 1. The zero-order valence-corrected chi connectivity index (χ0v) is 13.4. The molecular formula is C15H22N4O4. The van der Waals surface area contributed by atoms with Crippen LogP contribution in [0.1, 0.15) is 29.2 Å². The molecule has 1 aliphatic rings. The molecule has 1 fully saturated rings. The number of carbonyl (C=O) groups excluding carboxylic acids is 2. The molecular weight excluding hydrogens is 300 g/mol. The number of piperidine rings is 1. The molecule has 2 rings (SSSR count). The first kappa shape index (κ1) is 16.9. The number of carbonyl (C=O) groups is 2. The molecule has 3 N–H and O–H groups in total. The monoisotopic (exact) mass is 322 g/mol. The van der Waals surface area contributed by atoms with Crippen LogP contribution >= 0.6 is 0 Å². The molecule has 0 saturated carbocycles. The number of likely N-dealkylation sites (tertiary alicyclic amines) is 1. The van der Waals surface area contributed by atoms with Crippen LogP contribution < -0.4 is 11.1 Å². The highest BCUT2D eigenvalue weighted by Crippen LogP contribution is 2.18. The molecule has 0 spiro atoms. The summed E-state index contributed by atoms with van der Waals surface area (Å²) in [5.41, 5.74) is 5.15. The highest BCUT2D eigenvalue weighted by molar-refractivity contribution is 5.89. The zero-order valence-electron chi connectivity index (χ0n) is 13.4. The first-order chi connectivity index (χ1) is 11.0. The quantitative estimate of drug-likeness (QED) is 0.470. The van der Waals surface area contributed by atoms with Gasteiger partial charge in [0.15, 0.2) is 11.7 Å². The van der Waals surface area contributed by atoms with Crippen molar-refractivity contribution in [1.29, 1.82) is 0 Å². The summed E-state index contributed by atoms with van der Waals surface area (Å²) in [6.45, 7) is 1.85. The van der Waals surface area contributed by atoms with Gasteiger partial charge < -0.3 is 25.1 Å². The molecule has 23 heavy (non-hydrogen) atoms. The second kappa shape index (κ2) is 7.66. The lowest BCUT2D eigenvalue weighted by molar-refractivity contribution is -0.146. The standard InChI is InChI=1S/C15H22N4O4/c1-17-15(18-9-11-3-4-12(23-11)13(16)20)19-7-5-10(6-8-19)14(21)22-2/h3-4,10H,5-9H2,1-2H3,(H2,16,20)(H,17,18). The van der Waals surface area contributed by atoms with Gasteiger partial charge in [0.25, 0.3) is 5.91 Å². The molecule has 126 valence electrons. The summed E-state index contributed by atoms with van der Waals surface area (Å²) in [5, 5.41) is 3.18. The average Bonchev–Trinajstić information content (AvgIpc) is 3.04. The van der Waals surface area contributed by atoms with Crippen molar-refractivity contribution >= 4 is 17.8 Å². The minimum absolute atomic E-state index is 0.0439. The van der Waals surface area contributed by atoms with E-state index in [0.29, 0.717) is 12.3 Å². The van der Waals surface area contributed by atoms with Gasteiger partial charge >= 0.3 is 5.97 Å². The second-order valence-electron chi connectivity index (χ2n) is 5.32. The third kappa shape index (κ3) is 4.24. The van der Waals surface area contributed by atoms with Crippen molar-refractivity contribution < 1.29 is 18.7 Å². The van der Waals surface area contributed by atoms with Crippen molar-refractivity contribution in [2.45, 2.75) is 19.4 Å². The molecule has 0 atom stereocenters. The Balaban J connectivity index is 1.86. The molecule has 0 aromatic carbocycles. The molecule has 8 heteroatoms. The van der Waals surface area contributed by atoms with Crippen LogP contribution in [-0.4, -0.2) is 50.0 Å². The first-order valence-electron chi connectivity index (χ1n) is 7.47. The molecule has 1 aliphatic heterocycles. The van der Waals surface area contributed by atoms with E-state index in [1.54, 1.807) is 19.2 Å². The maximum atomic E-state index is 11.5. The fraction of sp³-hybridized carbons (Fsp3) is 0.533. The lowest BCUT2D eigenvalue weighted by atomic mass is 9.97. The number of esters is 1. The van der Waals surface area contributed by atoms with Gasteiger partial charge in [-0.1, -0.05) is 0 Å². The van der Waals surface area contributed by atoms with Crippen molar-refractivity contribution in [3.8, 4) is 0 Å². The normalized spacial score (nSPS) is 16.3. The van der Waals surface area contributed by atoms with Gasteiger partial charge in [-0.3, -0.25) is 14.6 Å². The van der Waals surface area contributed by atoms with Crippen molar-refractivity contribution in [3.63, 3.8) is 0 Å². The number of hydrogen-bond acceptors (Lipinski definition) is 5. The number of methoxy groups -OCH3 is 1. The molecule has 0 bridgehead atoms. The molecule has 0 unspecified atom stereocenters. The summed E-state index contributed by atoms with van der Waals surface area (Å²) in [6, 6.07) is 3.24. The Bertz CT molecular complexity index is 588. The number of guanidine groups is 1. The number of hydrogen-bond donors (Lipinski definition) is 2. The van der Waals surface area contributed by atoms with Gasteiger partial charge in [-0.15, -0.1) is 0 Å². The molecule has 1 aromatic heterocycles. The molecule has 1 aromatic rings. The molecule has 0 aliphatic carbocycles. The third-order valence-corrected chi connectivity index (χ3v) is 3.87. The molecule has 8 nitrogen and oxygen atoms in total. The number of amides is 1. The molecule has 1 saturated heterocycles. The fourth-order valence-corrected chi connectivity index (χ4v) is 2.60. The van der Waals surface area contributed by atoms with E-state index in [4.69, 9.17) is 14.9 Å². The van der Waals surface area contributed by atoms with Gasteiger partial charge in [-0.25, -0.2) is 0 Å². The predicted molar refractivity (Wildman–Crippen MR) is 83.7 cm³/mol. The Labute approximate surface area is 134 Å². The number of nitrogens with one attached hydrogen (secondary N) is 1. The van der Waals surface area contributed by atoms with E-state index in [1.165, 1.54) is 7.11 Å². The average molecular weight is 322 g/mol. The van der Waals surface area contributed by atoms with Crippen LogP contribution in [0.15, 0.2) is 21.5 Å². The number of ether oxygens (including phenoxy) is 1. The number of aliphatic imine (C=N–C) groups is 1. The van der Waals surface area contributed by atoms with Crippen molar-refractivity contribution in [1.82, 2.24) is 10.2 Å². The minimum Gasteiger partial charge on any atom is -0.469 e. The van der Waals surface area contributed by atoms with E-state index in [0.717, 1.165) is 31.9 Å². The third-order valence-electron chi connectivity index (χ3n) is 3.87. The van der Waals surface area contributed by atoms with Crippen LogP contribution in [0.3, 0.4) is 0 Å². The van der Waals surface area contributed by atoms with E-state index >= 15 is 0 Å². The maximum absolute atomic E-state index is 11.5. The summed E-state index contributed by atoms with van der Waals surface area (Å²) in [7, 11) is 3.12. The van der Waals surface area contributed by atoms with E-state index < -0.39 is 5.91 Å². The Morgan fingerprint density at radius 1 is 1.43 bits per heavy atom. The van der Waals surface area contributed by atoms with E-state index in [2.05, 4.69) is 15.2 Å². The number of primary amides is 1.